The number of benzene rings is 1. The summed E-state index contributed by atoms with van der Waals surface area (Å²) in [5.74, 6) is 0.767. The number of anilines is 2. The minimum absolute atomic E-state index is 0.0803. The molecule has 1 aromatic carbocycles. The van der Waals surface area contributed by atoms with Gasteiger partial charge in [-0.2, -0.15) is 0 Å². The Morgan fingerprint density at radius 3 is 2.46 bits per heavy atom. The summed E-state index contributed by atoms with van der Waals surface area (Å²) in [7, 11) is 0. The molecule has 0 saturated heterocycles. The van der Waals surface area contributed by atoms with Gasteiger partial charge < -0.3 is 0 Å². The lowest BCUT2D eigenvalue weighted by atomic mass is 10.1. The van der Waals surface area contributed by atoms with E-state index in [0.717, 1.165) is 29.6 Å². The molecule has 1 aromatic heterocycles. The summed E-state index contributed by atoms with van der Waals surface area (Å²) in [4.78, 5) is 22.1. The standard InChI is InChI=1S/C19H24N4O/c1-12-5-6-17(9-13(12)2)22-10-21(16-7-8-16)11-23-18(24)14(3)15(4)20-19(22)23/h5-6,9,16H,7-8,10-11H2,1-4H3. The molecule has 24 heavy (non-hydrogen) atoms. The van der Waals surface area contributed by atoms with E-state index in [4.69, 9.17) is 4.98 Å². The minimum atomic E-state index is 0.0803. The highest BCUT2D eigenvalue weighted by atomic mass is 16.1. The SMILES string of the molecule is Cc1ccc(N2CN(C3CC3)Cn3c2nc(C)c(C)c3=O)cc1C. The molecule has 1 aliphatic carbocycles. The van der Waals surface area contributed by atoms with Crippen molar-refractivity contribution in [2.24, 2.45) is 0 Å². The van der Waals surface area contributed by atoms with Gasteiger partial charge in [0.15, 0.2) is 0 Å². The lowest BCUT2D eigenvalue weighted by Gasteiger charge is -2.38. The van der Waals surface area contributed by atoms with E-state index >= 15 is 0 Å². The second-order valence-electron chi connectivity index (χ2n) is 7.15. The van der Waals surface area contributed by atoms with E-state index in [1.165, 1.54) is 24.0 Å². The van der Waals surface area contributed by atoms with Crippen molar-refractivity contribution in [1.82, 2.24) is 14.5 Å². The molecule has 0 bridgehead atoms. The highest BCUT2D eigenvalue weighted by Crippen LogP contribution is 2.34. The van der Waals surface area contributed by atoms with Crippen LogP contribution < -0.4 is 10.5 Å². The zero-order valence-corrected chi connectivity index (χ0v) is 14.8. The van der Waals surface area contributed by atoms with Crippen LogP contribution in [0.1, 0.15) is 35.2 Å². The molecule has 126 valence electrons. The maximum Gasteiger partial charge on any atom is 0.259 e. The smallest absolute Gasteiger partial charge is 0.259 e. The molecule has 4 rings (SSSR count). The lowest BCUT2D eigenvalue weighted by molar-refractivity contribution is 0.188. The molecule has 0 atom stereocenters. The summed E-state index contributed by atoms with van der Waals surface area (Å²) < 4.78 is 1.83. The fourth-order valence-electron chi connectivity index (χ4n) is 3.31. The molecule has 2 aliphatic rings. The Morgan fingerprint density at radius 1 is 1.04 bits per heavy atom. The van der Waals surface area contributed by atoms with E-state index in [2.05, 4.69) is 41.8 Å². The zero-order chi connectivity index (χ0) is 17.0. The third-order valence-corrected chi connectivity index (χ3v) is 5.37. The maximum absolute atomic E-state index is 12.8. The van der Waals surface area contributed by atoms with Gasteiger partial charge in [-0.05, 0) is 63.8 Å². The van der Waals surface area contributed by atoms with Crippen LogP contribution in [0.4, 0.5) is 11.6 Å². The van der Waals surface area contributed by atoms with Gasteiger partial charge in [-0.1, -0.05) is 6.07 Å². The van der Waals surface area contributed by atoms with Crippen molar-refractivity contribution < 1.29 is 0 Å². The molecule has 2 heterocycles. The van der Waals surface area contributed by atoms with Crippen LogP contribution in [-0.2, 0) is 6.67 Å². The Kier molecular flexibility index (Phi) is 3.49. The molecule has 5 heteroatoms. The van der Waals surface area contributed by atoms with E-state index < -0.39 is 0 Å². The van der Waals surface area contributed by atoms with E-state index in [1.54, 1.807) is 0 Å². The molecule has 0 unspecified atom stereocenters. The fourth-order valence-corrected chi connectivity index (χ4v) is 3.31. The first-order valence-corrected chi connectivity index (χ1v) is 8.62. The summed E-state index contributed by atoms with van der Waals surface area (Å²) >= 11 is 0. The largest absolute Gasteiger partial charge is 0.298 e. The average Bonchev–Trinajstić information content (AvgIpc) is 3.40. The van der Waals surface area contributed by atoms with Crippen molar-refractivity contribution in [1.29, 1.82) is 0 Å². The highest BCUT2D eigenvalue weighted by molar-refractivity contribution is 5.60. The van der Waals surface area contributed by atoms with Gasteiger partial charge in [0.2, 0.25) is 5.95 Å². The normalized spacial score (nSPS) is 17.9. The van der Waals surface area contributed by atoms with E-state index in [9.17, 15) is 4.79 Å². The molecular weight excluding hydrogens is 300 g/mol. The zero-order valence-electron chi connectivity index (χ0n) is 14.8. The summed E-state index contributed by atoms with van der Waals surface area (Å²) in [6.45, 7) is 9.48. The average molecular weight is 324 g/mol. The molecule has 1 saturated carbocycles. The van der Waals surface area contributed by atoms with Gasteiger partial charge in [-0.25, -0.2) is 4.98 Å². The van der Waals surface area contributed by atoms with Crippen molar-refractivity contribution >= 4 is 11.6 Å². The highest BCUT2D eigenvalue weighted by Gasteiger charge is 2.35. The Balaban J connectivity index is 1.87. The van der Waals surface area contributed by atoms with Crippen LogP contribution in [0.2, 0.25) is 0 Å². The number of aromatic nitrogens is 2. The summed E-state index contributed by atoms with van der Waals surface area (Å²) in [6, 6.07) is 7.06. The van der Waals surface area contributed by atoms with Crippen molar-refractivity contribution in [3.63, 3.8) is 0 Å². The summed E-state index contributed by atoms with van der Waals surface area (Å²) in [5, 5.41) is 0. The van der Waals surface area contributed by atoms with Gasteiger partial charge in [0.05, 0.1) is 13.3 Å². The van der Waals surface area contributed by atoms with Gasteiger partial charge >= 0.3 is 0 Å². The molecular formula is C19H24N4O. The second-order valence-corrected chi connectivity index (χ2v) is 7.15. The van der Waals surface area contributed by atoms with Crippen LogP contribution in [0.3, 0.4) is 0 Å². The Morgan fingerprint density at radius 2 is 1.79 bits per heavy atom. The number of aryl methyl sites for hydroxylation is 3. The molecule has 2 aromatic rings. The number of fused-ring (bicyclic) bond motifs is 1. The fraction of sp³-hybridized carbons (Fsp3) is 0.474. The Labute approximate surface area is 142 Å². The summed E-state index contributed by atoms with van der Waals surface area (Å²) in [6.07, 6.45) is 2.45. The Hall–Kier alpha value is -2.14. The predicted octanol–water partition coefficient (Wildman–Crippen LogP) is 3.01. The van der Waals surface area contributed by atoms with Crippen LogP contribution in [0.25, 0.3) is 0 Å². The van der Waals surface area contributed by atoms with Gasteiger partial charge in [0.25, 0.3) is 5.56 Å². The predicted molar refractivity (Wildman–Crippen MR) is 95.8 cm³/mol. The first-order valence-electron chi connectivity index (χ1n) is 8.62. The van der Waals surface area contributed by atoms with Crippen molar-refractivity contribution in [2.75, 3.05) is 11.6 Å². The van der Waals surface area contributed by atoms with Crippen molar-refractivity contribution in [2.45, 2.75) is 53.2 Å². The van der Waals surface area contributed by atoms with Crippen molar-refractivity contribution in [3.05, 3.63) is 50.9 Å². The third kappa shape index (κ3) is 2.44. The van der Waals surface area contributed by atoms with Crippen LogP contribution in [0.15, 0.2) is 23.0 Å². The van der Waals surface area contributed by atoms with Crippen LogP contribution in [0.5, 0.6) is 0 Å². The first kappa shape index (κ1) is 15.4. The third-order valence-electron chi connectivity index (χ3n) is 5.37. The van der Waals surface area contributed by atoms with Gasteiger partial charge in [0.1, 0.15) is 0 Å². The minimum Gasteiger partial charge on any atom is -0.298 e. The van der Waals surface area contributed by atoms with Crippen LogP contribution in [-0.4, -0.2) is 27.2 Å². The van der Waals surface area contributed by atoms with E-state index in [1.807, 2.05) is 18.4 Å². The molecule has 0 amide bonds. The number of rotatable bonds is 2. The molecule has 1 aliphatic heterocycles. The number of nitrogens with zero attached hydrogens (tertiary/aromatic N) is 4. The number of hydrogen-bond acceptors (Lipinski definition) is 4. The molecule has 1 fully saturated rings. The second kappa shape index (κ2) is 5.45. The molecule has 5 nitrogen and oxygen atoms in total. The Bertz CT molecular complexity index is 866. The van der Waals surface area contributed by atoms with Crippen molar-refractivity contribution in [3.8, 4) is 0 Å². The van der Waals surface area contributed by atoms with Gasteiger partial charge in [0, 0.05) is 23.0 Å². The van der Waals surface area contributed by atoms with Crippen LogP contribution >= 0.6 is 0 Å². The topological polar surface area (TPSA) is 41.4 Å². The lowest BCUT2D eigenvalue weighted by Crippen LogP contribution is -2.48. The molecule has 0 N–H and O–H groups in total. The quantitative estimate of drug-likeness (QED) is 0.851. The van der Waals surface area contributed by atoms with E-state index in [0.29, 0.717) is 12.7 Å². The van der Waals surface area contributed by atoms with Crippen LogP contribution in [0, 0.1) is 27.7 Å². The molecule has 0 spiro atoms. The first-order chi connectivity index (χ1) is 11.5. The van der Waals surface area contributed by atoms with E-state index in [-0.39, 0.29) is 5.56 Å². The summed E-state index contributed by atoms with van der Waals surface area (Å²) in [5.41, 5.74) is 5.29. The monoisotopic (exact) mass is 324 g/mol. The van der Waals surface area contributed by atoms with Gasteiger partial charge in [-0.15, -0.1) is 0 Å². The van der Waals surface area contributed by atoms with Gasteiger partial charge in [-0.3, -0.25) is 19.2 Å². The maximum atomic E-state index is 12.8. The number of hydrogen-bond donors (Lipinski definition) is 0. The molecule has 0 radical (unpaired) electrons.